The zero-order chi connectivity index (χ0) is 9.42. The summed E-state index contributed by atoms with van der Waals surface area (Å²) in [4.78, 5) is 12.8. The molecule has 0 aliphatic rings. The van der Waals surface area contributed by atoms with Crippen LogP contribution in [0.15, 0.2) is 12.4 Å². The second-order valence-electron chi connectivity index (χ2n) is 3.18. The van der Waals surface area contributed by atoms with Crippen LogP contribution in [-0.4, -0.2) is 15.0 Å². The molecule has 13 heavy (non-hydrogen) atoms. The van der Waals surface area contributed by atoms with Crippen LogP contribution >= 0.6 is 0 Å². The Morgan fingerprint density at radius 1 is 0.923 bits per heavy atom. The monoisotopic (exact) mass is 173 g/mol. The molecule has 2 heterocycles. The summed E-state index contributed by atoms with van der Waals surface area (Å²) in [6, 6.07) is 0. The molecule has 0 atom stereocenters. The molecule has 0 saturated heterocycles. The Morgan fingerprint density at radius 3 is 2.38 bits per heavy atom. The van der Waals surface area contributed by atoms with Crippen LogP contribution in [0.1, 0.15) is 16.8 Å². The van der Waals surface area contributed by atoms with Crippen molar-refractivity contribution in [1.82, 2.24) is 15.0 Å². The molecule has 0 aliphatic carbocycles. The van der Waals surface area contributed by atoms with Gasteiger partial charge >= 0.3 is 0 Å². The van der Waals surface area contributed by atoms with E-state index in [2.05, 4.69) is 28.8 Å². The summed E-state index contributed by atoms with van der Waals surface area (Å²) in [5.74, 6) is 0. The summed E-state index contributed by atoms with van der Waals surface area (Å²) in [5, 5.41) is 0. The Balaban J connectivity index is 2.94. The highest BCUT2D eigenvalue weighted by Gasteiger charge is 2.05. The molecule has 0 radical (unpaired) electrons. The number of aromatic nitrogens is 3. The zero-order valence-electron chi connectivity index (χ0n) is 8.00. The van der Waals surface area contributed by atoms with Crippen LogP contribution in [-0.2, 0) is 0 Å². The quantitative estimate of drug-likeness (QED) is 0.611. The number of hydrogen-bond donors (Lipinski definition) is 0. The number of hydrogen-bond acceptors (Lipinski definition) is 3. The lowest BCUT2D eigenvalue weighted by molar-refractivity contribution is 1.11. The van der Waals surface area contributed by atoms with Crippen LogP contribution in [0.5, 0.6) is 0 Å². The van der Waals surface area contributed by atoms with Crippen LogP contribution in [0.25, 0.3) is 11.2 Å². The fourth-order valence-electron chi connectivity index (χ4n) is 1.37. The van der Waals surface area contributed by atoms with E-state index in [9.17, 15) is 0 Å². The maximum Gasteiger partial charge on any atom is 0.178 e. The normalized spacial score (nSPS) is 10.7. The molecule has 66 valence electrons. The van der Waals surface area contributed by atoms with Crippen molar-refractivity contribution in [2.75, 3.05) is 0 Å². The first-order valence-electron chi connectivity index (χ1n) is 4.24. The summed E-state index contributed by atoms with van der Waals surface area (Å²) in [5.41, 5.74) is 5.06. The molecule has 0 unspecified atom stereocenters. The van der Waals surface area contributed by atoms with Gasteiger partial charge in [0.1, 0.15) is 5.52 Å². The van der Waals surface area contributed by atoms with Crippen molar-refractivity contribution in [3.05, 3.63) is 29.2 Å². The third kappa shape index (κ3) is 1.16. The third-order valence-electron chi connectivity index (χ3n) is 2.41. The Hall–Kier alpha value is -1.51. The molecule has 0 aromatic carbocycles. The van der Waals surface area contributed by atoms with E-state index in [0.717, 1.165) is 16.9 Å². The number of aryl methyl sites for hydroxylation is 2. The molecule has 0 aliphatic heterocycles. The first-order chi connectivity index (χ1) is 6.20. The van der Waals surface area contributed by atoms with E-state index in [4.69, 9.17) is 0 Å². The van der Waals surface area contributed by atoms with Gasteiger partial charge < -0.3 is 0 Å². The van der Waals surface area contributed by atoms with Gasteiger partial charge in [0.15, 0.2) is 5.65 Å². The van der Waals surface area contributed by atoms with Crippen LogP contribution in [0.3, 0.4) is 0 Å². The first-order valence-corrected chi connectivity index (χ1v) is 4.24. The van der Waals surface area contributed by atoms with Gasteiger partial charge in [-0.3, -0.25) is 4.98 Å². The van der Waals surface area contributed by atoms with E-state index in [-0.39, 0.29) is 0 Å². The fraction of sp³-hybridized carbons (Fsp3) is 0.300. The minimum absolute atomic E-state index is 0.739. The predicted octanol–water partition coefficient (Wildman–Crippen LogP) is 1.95. The van der Waals surface area contributed by atoms with Gasteiger partial charge in [-0.2, -0.15) is 0 Å². The second kappa shape index (κ2) is 2.76. The molecule has 0 bridgehead atoms. The summed E-state index contributed by atoms with van der Waals surface area (Å²) in [6.45, 7) is 6.11. The molecule has 0 fully saturated rings. The molecule has 0 N–H and O–H groups in total. The molecule has 3 nitrogen and oxygen atoms in total. The second-order valence-corrected chi connectivity index (χ2v) is 3.18. The molecule has 3 heteroatoms. The van der Waals surface area contributed by atoms with Crippen molar-refractivity contribution >= 4 is 11.2 Å². The van der Waals surface area contributed by atoms with E-state index < -0.39 is 0 Å². The van der Waals surface area contributed by atoms with Crippen LogP contribution in [0.4, 0.5) is 0 Å². The van der Waals surface area contributed by atoms with Crippen molar-refractivity contribution in [3.8, 4) is 0 Å². The van der Waals surface area contributed by atoms with E-state index in [1.165, 1.54) is 11.1 Å². The molecule has 2 aromatic rings. The van der Waals surface area contributed by atoms with Crippen LogP contribution in [0.2, 0.25) is 0 Å². The fourth-order valence-corrected chi connectivity index (χ4v) is 1.37. The third-order valence-corrected chi connectivity index (χ3v) is 2.41. The van der Waals surface area contributed by atoms with Crippen molar-refractivity contribution in [3.63, 3.8) is 0 Å². The van der Waals surface area contributed by atoms with Gasteiger partial charge in [0.05, 0.1) is 0 Å². The number of fused-ring (bicyclic) bond motifs is 1. The average molecular weight is 173 g/mol. The average Bonchev–Trinajstić information content (AvgIpc) is 2.15. The molecular formula is C10H11N3. The largest absolute Gasteiger partial charge is 0.251 e. The molecule has 2 rings (SSSR count). The highest BCUT2D eigenvalue weighted by Crippen LogP contribution is 2.17. The van der Waals surface area contributed by atoms with Crippen molar-refractivity contribution in [2.45, 2.75) is 20.8 Å². The maximum absolute atomic E-state index is 4.36. The summed E-state index contributed by atoms with van der Waals surface area (Å²) < 4.78 is 0. The van der Waals surface area contributed by atoms with Crippen molar-refractivity contribution in [2.24, 2.45) is 0 Å². The Bertz CT molecular complexity index is 463. The minimum atomic E-state index is 0.739. The summed E-state index contributed by atoms with van der Waals surface area (Å²) in [6.07, 6.45) is 3.37. The van der Waals surface area contributed by atoms with Gasteiger partial charge in [0.25, 0.3) is 0 Å². The standard InChI is InChI=1S/C10H11N3/c1-6-7(2)9-10(13-8(6)3)12-5-4-11-9/h4-5H,1-3H3. The number of pyridine rings is 1. The van der Waals surface area contributed by atoms with E-state index in [1.54, 1.807) is 12.4 Å². The first kappa shape index (κ1) is 8.10. The van der Waals surface area contributed by atoms with Crippen molar-refractivity contribution in [1.29, 1.82) is 0 Å². The highest BCUT2D eigenvalue weighted by molar-refractivity contribution is 5.75. The summed E-state index contributed by atoms with van der Waals surface area (Å²) in [7, 11) is 0. The van der Waals surface area contributed by atoms with Crippen LogP contribution in [0, 0.1) is 20.8 Å². The van der Waals surface area contributed by atoms with Gasteiger partial charge in [-0.05, 0) is 31.9 Å². The van der Waals surface area contributed by atoms with Gasteiger partial charge in [0.2, 0.25) is 0 Å². The molecule has 0 amide bonds. The van der Waals surface area contributed by atoms with Gasteiger partial charge in [-0.15, -0.1) is 0 Å². The van der Waals surface area contributed by atoms with Crippen LogP contribution < -0.4 is 0 Å². The molecule has 0 saturated carbocycles. The van der Waals surface area contributed by atoms with E-state index >= 15 is 0 Å². The van der Waals surface area contributed by atoms with Gasteiger partial charge in [-0.25, -0.2) is 9.97 Å². The van der Waals surface area contributed by atoms with Crippen molar-refractivity contribution < 1.29 is 0 Å². The maximum atomic E-state index is 4.36. The van der Waals surface area contributed by atoms with Gasteiger partial charge in [-0.1, -0.05) is 0 Å². The topological polar surface area (TPSA) is 38.7 Å². The lowest BCUT2D eigenvalue weighted by Gasteiger charge is -2.05. The Labute approximate surface area is 76.9 Å². The molecule has 0 spiro atoms. The predicted molar refractivity (Wildman–Crippen MR) is 51.5 cm³/mol. The highest BCUT2D eigenvalue weighted by atomic mass is 14.9. The lowest BCUT2D eigenvalue weighted by atomic mass is 10.1. The Morgan fingerprint density at radius 2 is 1.62 bits per heavy atom. The lowest BCUT2D eigenvalue weighted by Crippen LogP contribution is -1.96. The number of nitrogens with zero attached hydrogens (tertiary/aromatic N) is 3. The van der Waals surface area contributed by atoms with Gasteiger partial charge in [0, 0.05) is 18.1 Å². The minimum Gasteiger partial charge on any atom is -0.251 e. The van der Waals surface area contributed by atoms with E-state index in [1.807, 2.05) is 6.92 Å². The molecular weight excluding hydrogens is 162 g/mol. The molecule has 2 aromatic heterocycles. The van der Waals surface area contributed by atoms with E-state index in [0.29, 0.717) is 0 Å². The number of rotatable bonds is 0. The Kier molecular flexibility index (Phi) is 1.72. The summed E-state index contributed by atoms with van der Waals surface area (Å²) >= 11 is 0. The zero-order valence-corrected chi connectivity index (χ0v) is 8.00. The smallest absolute Gasteiger partial charge is 0.178 e. The SMILES string of the molecule is Cc1nc2nccnc2c(C)c1C.